The maximum Gasteiger partial charge on any atom is 0.240 e. The summed E-state index contributed by atoms with van der Waals surface area (Å²) in [5.41, 5.74) is 1.30. The molecule has 0 aliphatic heterocycles. The lowest BCUT2D eigenvalue weighted by molar-refractivity contribution is 0.565. The molecule has 1 aromatic carbocycles. The molecule has 1 rings (SSSR count). The molecular formula is C11H10N2O. The van der Waals surface area contributed by atoms with Gasteiger partial charge < -0.3 is 5.32 Å². The minimum absolute atomic E-state index is 0.561. The van der Waals surface area contributed by atoms with E-state index in [0.29, 0.717) is 12.2 Å². The monoisotopic (exact) mass is 186 g/mol. The molecule has 0 aromatic heterocycles. The quantitative estimate of drug-likeness (QED) is 0.428. The van der Waals surface area contributed by atoms with E-state index in [2.05, 4.69) is 22.2 Å². The van der Waals surface area contributed by atoms with Crippen LogP contribution in [0.2, 0.25) is 0 Å². The summed E-state index contributed by atoms with van der Waals surface area (Å²) in [4.78, 5) is 13.7. The molecule has 0 spiro atoms. The minimum atomic E-state index is 0.561. The molecule has 0 atom stereocenters. The van der Waals surface area contributed by atoms with Crippen LogP contribution in [0.1, 0.15) is 5.56 Å². The van der Waals surface area contributed by atoms with Gasteiger partial charge in [-0.25, -0.2) is 4.79 Å². The van der Waals surface area contributed by atoms with Crippen LogP contribution in [0.15, 0.2) is 29.3 Å². The molecule has 0 radical (unpaired) electrons. The van der Waals surface area contributed by atoms with Gasteiger partial charge in [0.1, 0.15) is 0 Å². The molecule has 0 amide bonds. The van der Waals surface area contributed by atoms with E-state index < -0.39 is 0 Å². The number of isocyanates is 1. The van der Waals surface area contributed by atoms with E-state index in [1.807, 2.05) is 19.2 Å². The Kier molecular flexibility index (Phi) is 4.16. The summed E-state index contributed by atoms with van der Waals surface area (Å²) in [5.74, 6) is 5.81. The number of carbonyl (C=O) groups excluding carboxylic acids is 1. The fourth-order valence-electron chi connectivity index (χ4n) is 0.954. The van der Waals surface area contributed by atoms with Crippen molar-refractivity contribution in [3.8, 4) is 11.8 Å². The topological polar surface area (TPSA) is 41.5 Å². The molecule has 3 heteroatoms. The lowest BCUT2D eigenvalue weighted by Gasteiger charge is -1.93. The number of benzene rings is 1. The Morgan fingerprint density at radius 3 is 2.93 bits per heavy atom. The number of nitrogens with zero attached hydrogens (tertiary/aromatic N) is 1. The van der Waals surface area contributed by atoms with Crippen LogP contribution in [-0.4, -0.2) is 19.7 Å². The van der Waals surface area contributed by atoms with Crippen LogP contribution in [0.4, 0.5) is 5.69 Å². The summed E-state index contributed by atoms with van der Waals surface area (Å²) >= 11 is 0. The number of para-hydroxylation sites is 1. The normalized spacial score (nSPS) is 8.36. The van der Waals surface area contributed by atoms with Crippen LogP contribution >= 0.6 is 0 Å². The predicted molar refractivity (Wildman–Crippen MR) is 55.0 cm³/mol. The number of rotatable bonds is 2. The van der Waals surface area contributed by atoms with Crippen molar-refractivity contribution in [3.63, 3.8) is 0 Å². The average Bonchev–Trinajstić information content (AvgIpc) is 2.21. The van der Waals surface area contributed by atoms with Crippen LogP contribution in [0.5, 0.6) is 0 Å². The van der Waals surface area contributed by atoms with E-state index in [4.69, 9.17) is 0 Å². The Hall–Kier alpha value is -1.88. The van der Waals surface area contributed by atoms with Gasteiger partial charge in [0.15, 0.2) is 0 Å². The highest BCUT2D eigenvalue weighted by Gasteiger charge is 1.94. The molecule has 0 aliphatic carbocycles. The van der Waals surface area contributed by atoms with E-state index >= 15 is 0 Å². The first-order chi connectivity index (χ1) is 6.88. The van der Waals surface area contributed by atoms with Gasteiger partial charge in [0, 0.05) is 0 Å². The van der Waals surface area contributed by atoms with E-state index in [0.717, 1.165) is 5.56 Å². The van der Waals surface area contributed by atoms with Gasteiger partial charge >= 0.3 is 0 Å². The highest BCUT2D eigenvalue weighted by Crippen LogP contribution is 2.15. The van der Waals surface area contributed by atoms with Gasteiger partial charge in [-0.1, -0.05) is 24.0 Å². The number of aliphatic imine (C=N–C) groups is 1. The van der Waals surface area contributed by atoms with Crippen molar-refractivity contribution in [1.29, 1.82) is 0 Å². The third kappa shape index (κ3) is 2.87. The second-order valence-electron chi connectivity index (χ2n) is 2.55. The van der Waals surface area contributed by atoms with Gasteiger partial charge in [0.25, 0.3) is 0 Å². The molecule has 0 unspecified atom stereocenters. The molecule has 14 heavy (non-hydrogen) atoms. The first-order valence-corrected chi connectivity index (χ1v) is 4.19. The minimum Gasteiger partial charge on any atom is -0.309 e. The van der Waals surface area contributed by atoms with Gasteiger partial charge in [0.2, 0.25) is 6.08 Å². The largest absolute Gasteiger partial charge is 0.309 e. The fraction of sp³-hybridized carbons (Fsp3) is 0.182. The zero-order valence-electron chi connectivity index (χ0n) is 7.87. The van der Waals surface area contributed by atoms with Crippen LogP contribution in [-0.2, 0) is 4.79 Å². The Balaban J connectivity index is 2.97. The van der Waals surface area contributed by atoms with Gasteiger partial charge in [-0.15, -0.1) is 0 Å². The smallest absolute Gasteiger partial charge is 0.240 e. The van der Waals surface area contributed by atoms with Gasteiger partial charge in [-0.3, -0.25) is 0 Å². The van der Waals surface area contributed by atoms with Crippen molar-refractivity contribution in [1.82, 2.24) is 5.32 Å². The summed E-state index contributed by atoms with van der Waals surface area (Å²) in [6.07, 6.45) is 1.51. The number of hydrogen-bond acceptors (Lipinski definition) is 3. The van der Waals surface area contributed by atoms with Crippen LogP contribution in [0, 0.1) is 11.8 Å². The molecule has 1 N–H and O–H groups in total. The van der Waals surface area contributed by atoms with Crippen molar-refractivity contribution >= 4 is 11.8 Å². The highest BCUT2D eigenvalue weighted by molar-refractivity contribution is 5.59. The van der Waals surface area contributed by atoms with Gasteiger partial charge in [0.05, 0.1) is 17.8 Å². The molecule has 70 valence electrons. The van der Waals surface area contributed by atoms with E-state index in [9.17, 15) is 4.79 Å². The standard InChI is InChI=1S/C11H10N2O/c1-12-8-4-6-10-5-2-3-7-11(10)13-9-14/h2-3,5,7,12H,8H2,1H3. The summed E-state index contributed by atoms with van der Waals surface area (Å²) in [5, 5.41) is 2.91. The molecule has 0 aliphatic rings. The average molecular weight is 186 g/mol. The summed E-state index contributed by atoms with van der Waals surface area (Å²) in [6.45, 7) is 0.610. The second-order valence-corrected chi connectivity index (χ2v) is 2.55. The highest BCUT2D eigenvalue weighted by atomic mass is 16.1. The van der Waals surface area contributed by atoms with Crippen molar-refractivity contribution in [3.05, 3.63) is 29.8 Å². The van der Waals surface area contributed by atoms with Crippen molar-refractivity contribution in [2.75, 3.05) is 13.6 Å². The molecule has 0 heterocycles. The third-order valence-corrected chi connectivity index (χ3v) is 1.56. The Morgan fingerprint density at radius 2 is 2.21 bits per heavy atom. The van der Waals surface area contributed by atoms with Crippen molar-refractivity contribution in [2.45, 2.75) is 0 Å². The fourth-order valence-corrected chi connectivity index (χ4v) is 0.954. The molecule has 0 saturated heterocycles. The summed E-state index contributed by atoms with van der Waals surface area (Å²) < 4.78 is 0. The van der Waals surface area contributed by atoms with Crippen molar-refractivity contribution in [2.24, 2.45) is 4.99 Å². The molecule has 0 saturated carbocycles. The molecule has 1 aromatic rings. The Labute approximate surface area is 82.9 Å². The Bertz CT molecular complexity index is 409. The lowest BCUT2D eigenvalue weighted by Crippen LogP contribution is -2.04. The van der Waals surface area contributed by atoms with Crippen LogP contribution < -0.4 is 5.32 Å². The molecule has 0 bridgehead atoms. The third-order valence-electron chi connectivity index (χ3n) is 1.56. The van der Waals surface area contributed by atoms with Gasteiger partial charge in [-0.05, 0) is 19.2 Å². The zero-order chi connectivity index (χ0) is 10.2. The summed E-state index contributed by atoms with van der Waals surface area (Å²) in [7, 11) is 1.82. The predicted octanol–water partition coefficient (Wildman–Crippen LogP) is 1.22. The molecular weight excluding hydrogens is 176 g/mol. The van der Waals surface area contributed by atoms with E-state index in [-0.39, 0.29) is 0 Å². The van der Waals surface area contributed by atoms with Crippen LogP contribution in [0.25, 0.3) is 0 Å². The van der Waals surface area contributed by atoms with E-state index in [1.165, 1.54) is 6.08 Å². The summed E-state index contributed by atoms with van der Waals surface area (Å²) in [6, 6.07) is 7.21. The molecule has 3 nitrogen and oxygen atoms in total. The lowest BCUT2D eigenvalue weighted by atomic mass is 10.2. The number of hydrogen-bond donors (Lipinski definition) is 1. The van der Waals surface area contributed by atoms with Crippen LogP contribution in [0.3, 0.4) is 0 Å². The maximum atomic E-state index is 10.1. The van der Waals surface area contributed by atoms with Crippen molar-refractivity contribution < 1.29 is 4.79 Å². The first-order valence-electron chi connectivity index (χ1n) is 4.19. The maximum absolute atomic E-state index is 10.1. The SMILES string of the molecule is CNCC#Cc1ccccc1N=C=O. The molecule has 0 fully saturated rings. The number of nitrogens with one attached hydrogen (secondary N) is 1. The van der Waals surface area contributed by atoms with Gasteiger partial charge in [-0.2, -0.15) is 4.99 Å². The Morgan fingerprint density at radius 1 is 1.43 bits per heavy atom. The second kappa shape index (κ2) is 5.71. The van der Waals surface area contributed by atoms with E-state index in [1.54, 1.807) is 12.1 Å². The zero-order valence-corrected chi connectivity index (χ0v) is 7.87. The first kappa shape index (κ1) is 10.2.